The largest absolute Gasteiger partial charge is 0.354 e. The molecule has 0 aromatic carbocycles. The molecule has 0 radical (unpaired) electrons. The molecule has 1 aromatic rings. The van der Waals surface area contributed by atoms with Crippen molar-refractivity contribution in [1.82, 2.24) is 15.6 Å². The molecule has 1 aliphatic carbocycles. The molecule has 0 amide bonds. The molecule has 0 unspecified atom stereocenters. The predicted octanol–water partition coefficient (Wildman–Crippen LogP) is 3.34. The van der Waals surface area contributed by atoms with Crippen LogP contribution in [0.5, 0.6) is 0 Å². The van der Waals surface area contributed by atoms with E-state index in [1.54, 1.807) is 11.3 Å². The molecular weight excluding hydrogens is 280 g/mol. The molecule has 2 rings (SSSR count). The smallest absolute Gasteiger partial charge is 0.191 e. The summed E-state index contributed by atoms with van der Waals surface area (Å²) in [7, 11) is 1.84. The maximum Gasteiger partial charge on any atom is 0.191 e. The Labute approximate surface area is 132 Å². The van der Waals surface area contributed by atoms with Crippen molar-refractivity contribution in [2.24, 2.45) is 10.9 Å². The Morgan fingerprint density at radius 1 is 1.33 bits per heavy atom. The molecule has 0 spiro atoms. The molecule has 1 aliphatic rings. The number of aryl methyl sites for hydroxylation is 1. The molecule has 0 saturated heterocycles. The van der Waals surface area contributed by atoms with Gasteiger partial charge in [0.1, 0.15) is 5.01 Å². The second kappa shape index (κ2) is 8.37. The van der Waals surface area contributed by atoms with Crippen molar-refractivity contribution >= 4 is 17.3 Å². The summed E-state index contributed by atoms with van der Waals surface area (Å²) in [5.41, 5.74) is 0. The fraction of sp³-hybridized carbons (Fsp3) is 0.750. The summed E-state index contributed by atoms with van der Waals surface area (Å²) in [6, 6.07) is 0.571. The first-order valence-electron chi connectivity index (χ1n) is 8.15. The number of hydrogen-bond acceptors (Lipinski definition) is 3. The highest BCUT2D eigenvalue weighted by molar-refractivity contribution is 7.11. The molecule has 1 fully saturated rings. The number of nitrogens with zero attached hydrogens (tertiary/aromatic N) is 2. The zero-order chi connectivity index (χ0) is 15.1. The van der Waals surface area contributed by atoms with Gasteiger partial charge in [0.15, 0.2) is 5.96 Å². The van der Waals surface area contributed by atoms with Crippen LogP contribution >= 0.6 is 11.3 Å². The van der Waals surface area contributed by atoms with Crippen LogP contribution < -0.4 is 10.6 Å². The van der Waals surface area contributed by atoms with Crippen molar-refractivity contribution < 1.29 is 0 Å². The molecule has 0 aliphatic heterocycles. The van der Waals surface area contributed by atoms with Crippen molar-refractivity contribution in [2.45, 2.75) is 65.0 Å². The van der Waals surface area contributed by atoms with Crippen LogP contribution in [0.2, 0.25) is 0 Å². The van der Waals surface area contributed by atoms with E-state index in [2.05, 4.69) is 34.5 Å². The fourth-order valence-corrected chi connectivity index (χ4v) is 3.66. The van der Waals surface area contributed by atoms with E-state index in [0.29, 0.717) is 6.04 Å². The maximum absolute atomic E-state index is 4.43. The molecule has 2 N–H and O–H groups in total. The van der Waals surface area contributed by atoms with Gasteiger partial charge in [-0.2, -0.15) is 0 Å². The molecule has 0 atom stereocenters. The highest BCUT2D eigenvalue weighted by Gasteiger charge is 2.20. The van der Waals surface area contributed by atoms with Gasteiger partial charge in [0, 0.05) is 24.2 Å². The monoisotopic (exact) mass is 308 g/mol. The topological polar surface area (TPSA) is 49.3 Å². The van der Waals surface area contributed by atoms with Gasteiger partial charge >= 0.3 is 0 Å². The average Bonchev–Trinajstić information content (AvgIpc) is 3.00. The fourth-order valence-electron chi connectivity index (χ4n) is 2.86. The lowest BCUT2D eigenvalue weighted by Gasteiger charge is -2.29. The van der Waals surface area contributed by atoms with E-state index in [0.717, 1.165) is 29.9 Å². The molecule has 1 heterocycles. The molecule has 118 valence electrons. The second-order valence-electron chi connectivity index (χ2n) is 5.77. The standard InChI is InChI=1S/C16H28N4S/c1-4-12-6-8-13(9-7-12)20-16(17-3)19-11-15-18-10-14(5-2)21-15/h10,12-13H,4-9,11H2,1-3H3,(H2,17,19,20). The third kappa shape index (κ3) is 4.99. The molecule has 1 saturated carbocycles. The molecule has 4 nitrogen and oxygen atoms in total. The van der Waals surface area contributed by atoms with Crippen LogP contribution in [0.15, 0.2) is 11.2 Å². The summed E-state index contributed by atoms with van der Waals surface area (Å²) >= 11 is 1.78. The van der Waals surface area contributed by atoms with Gasteiger partial charge in [-0.15, -0.1) is 11.3 Å². The van der Waals surface area contributed by atoms with Crippen molar-refractivity contribution in [2.75, 3.05) is 7.05 Å². The number of guanidine groups is 1. The van der Waals surface area contributed by atoms with Gasteiger partial charge < -0.3 is 10.6 Å². The molecule has 1 aromatic heterocycles. The lowest BCUT2D eigenvalue weighted by Crippen LogP contribution is -2.44. The molecule has 0 bridgehead atoms. The summed E-state index contributed by atoms with van der Waals surface area (Å²) in [6.07, 6.45) is 9.57. The van der Waals surface area contributed by atoms with Gasteiger partial charge in [0.2, 0.25) is 0 Å². The van der Waals surface area contributed by atoms with Crippen molar-refractivity contribution in [3.8, 4) is 0 Å². The summed E-state index contributed by atoms with van der Waals surface area (Å²) in [5, 5.41) is 8.07. The van der Waals surface area contributed by atoms with Crippen molar-refractivity contribution in [3.63, 3.8) is 0 Å². The molecule has 5 heteroatoms. The van der Waals surface area contributed by atoms with Crippen LogP contribution in [0.4, 0.5) is 0 Å². The lowest BCUT2D eigenvalue weighted by molar-refractivity contribution is 0.304. The van der Waals surface area contributed by atoms with Crippen LogP contribution in [0.3, 0.4) is 0 Å². The van der Waals surface area contributed by atoms with Gasteiger partial charge in [-0.1, -0.05) is 20.3 Å². The van der Waals surface area contributed by atoms with Crippen molar-refractivity contribution in [3.05, 3.63) is 16.1 Å². The predicted molar refractivity (Wildman–Crippen MR) is 90.9 cm³/mol. The van der Waals surface area contributed by atoms with Gasteiger partial charge in [0.05, 0.1) is 6.54 Å². The molecule has 21 heavy (non-hydrogen) atoms. The number of nitrogens with one attached hydrogen (secondary N) is 2. The first-order valence-corrected chi connectivity index (χ1v) is 8.97. The van der Waals surface area contributed by atoms with Gasteiger partial charge in [-0.25, -0.2) is 4.98 Å². The summed E-state index contributed by atoms with van der Waals surface area (Å²) in [5.74, 6) is 1.84. The van der Waals surface area contributed by atoms with Gasteiger partial charge in [-0.3, -0.25) is 4.99 Å². The van der Waals surface area contributed by atoms with Gasteiger partial charge in [-0.05, 0) is 38.0 Å². The van der Waals surface area contributed by atoms with E-state index < -0.39 is 0 Å². The third-order valence-electron chi connectivity index (χ3n) is 4.35. The van der Waals surface area contributed by atoms with E-state index in [4.69, 9.17) is 0 Å². The Morgan fingerprint density at radius 2 is 2.10 bits per heavy atom. The Balaban J connectivity index is 1.76. The first kappa shape index (κ1) is 16.3. The van der Waals surface area contributed by atoms with E-state index in [1.807, 2.05) is 13.2 Å². The first-order chi connectivity index (χ1) is 10.2. The average molecular weight is 308 g/mol. The molecular formula is C16H28N4S. The van der Waals surface area contributed by atoms with E-state index in [9.17, 15) is 0 Å². The Hall–Kier alpha value is -1.10. The number of hydrogen-bond donors (Lipinski definition) is 2. The Morgan fingerprint density at radius 3 is 2.67 bits per heavy atom. The summed E-state index contributed by atoms with van der Waals surface area (Å²) in [4.78, 5) is 10.1. The van der Waals surface area contributed by atoms with E-state index >= 15 is 0 Å². The highest BCUT2D eigenvalue weighted by atomic mass is 32.1. The number of aromatic nitrogens is 1. The Kier molecular flexibility index (Phi) is 6.49. The van der Waals surface area contributed by atoms with Crippen LogP contribution in [-0.2, 0) is 13.0 Å². The zero-order valence-electron chi connectivity index (χ0n) is 13.5. The highest BCUT2D eigenvalue weighted by Crippen LogP contribution is 2.26. The van der Waals surface area contributed by atoms with Crippen LogP contribution in [0, 0.1) is 5.92 Å². The van der Waals surface area contributed by atoms with E-state index in [1.165, 1.54) is 37.0 Å². The Bertz CT molecular complexity index is 447. The summed E-state index contributed by atoms with van der Waals surface area (Å²) in [6.45, 7) is 5.23. The van der Waals surface area contributed by atoms with Crippen LogP contribution in [-0.4, -0.2) is 24.0 Å². The minimum atomic E-state index is 0.571. The quantitative estimate of drug-likeness (QED) is 0.648. The number of thiazole rings is 1. The zero-order valence-corrected chi connectivity index (χ0v) is 14.3. The van der Waals surface area contributed by atoms with Crippen molar-refractivity contribution in [1.29, 1.82) is 0 Å². The van der Waals surface area contributed by atoms with Crippen LogP contribution in [0.1, 0.15) is 55.8 Å². The van der Waals surface area contributed by atoms with E-state index in [-0.39, 0.29) is 0 Å². The van der Waals surface area contributed by atoms with Gasteiger partial charge in [0.25, 0.3) is 0 Å². The van der Waals surface area contributed by atoms with Crippen LogP contribution in [0.25, 0.3) is 0 Å². The minimum Gasteiger partial charge on any atom is -0.354 e. The number of aliphatic imine (C=N–C) groups is 1. The number of rotatable bonds is 5. The third-order valence-corrected chi connectivity index (χ3v) is 5.49. The SMILES string of the molecule is CCc1cnc(CNC(=NC)NC2CCC(CC)CC2)s1. The lowest BCUT2D eigenvalue weighted by atomic mass is 9.84. The maximum atomic E-state index is 4.43. The normalized spacial score (nSPS) is 23.1. The summed E-state index contributed by atoms with van der Waals surface area (Å²) < 4.78 is 0. The second-order valence-corrected chi connectivity index (χ2v) is 6.97. The minimum absolute atomic E-state index is 0.571.